The normalized spacial score (nSPS) is 23.0. The Hall–Kier alpha value is -1.17. The van der Waals surface area contributed by atoms with E-state index in [0.717, 1.165) is 58.7 Å². The van der Waals surface area contributed by atoms with Crippen LogP contribution >= 0.6 is 11.6 Å². The van der Waals surface area contributed by atoms with E-state index in [-0.39, 0.29) is 17.0 Å². The number of halogens is 2. The van der Waals surface area contributed by atoms with E-state index in [1.54, 1.807) is 6.07 Å². The van der Waals surface area contributed by atoms with Gasteiger partial charge in [0.15, 0.2) is 0 Å². The van der Waals surface area contributed by atoms with Gasteiger partial charge in [-0.2, -0.15) is 0 Å². The Bertz CT molecular complexity index is 564. The molecule has 0 radical (unpaired) electrons. The monoisotopic (exact) mass is 340 g/mol. The number of hydrogen-bond donors (Lipinski definition) is 0. The Labute approximate surface area is 141 Å². The second-order valence-corrected chi connectivity index (χ2v) is 6.60. The summed E-state index contributed by atoms with van der Waals surface area (Å²) in [7, 11) is 0. The summed E-state index contributed by atoms with van der Waals surface area (Å²) in [4.78, 5) is 17.0. The minimum absolute atomic E-state index is 0.0464. The average molecular weight is 341 g/mol. The van der Waals surface area contributed by atoms with Crippen LogP contribution in [-0.2, 0) is 4.74 Å². The number of amides is 1. The maximum atomic E-state index is 13.7. The van der Waals surface area contributed by atoms with E-state index in [0.29, 0.717) is 5.56 Å². The molecule has 1 aromatic rings. The van der Waals surface area contributed by atoms with Crippen molar-refractivity contribution in [1.29, 1.82) is 0 Å². The first-order valence-corrected chi connectivity index (χ1v) is 8.59. The molecule has 2 fully saturated rings. The van der Waals surface area contributed by atoms with E-state index < -0.39 is 5.82 Å². The van der Waals surface area contributed by atoms with Gasteiger partial charge in [0.1, 0.15) is 5.82 Å². The highest BCUT2D eigenvalue weighted by atomic mass is 35.5. The number of carbonyl (C=O) groups excluding carboxylic acids is 1. The Kier molecular flexibility index (Phi) is 5.51. The lowest BCUT2D eigenvalue weighted by atomic mass is 10.00. The van der Waals surface area contributed by atoms with E-state index in [4.69, 9.17) is 16.3 Å². The SMILES string of the molecule is O=C(c1ccc(Cl)c(F)c1)N1CCCC[C@@H]1CN1CCOCC1. The molecule has 0 unspecified atom stereocenters. The lowest BCUT2D eigenvalue weighted by Crippen LogP contribution is -2.51. The third-order valence-electron chi connectivity index (χ3n) is 4.63. The second kappa shape index (κ2) is 7.60. The van der Waals surface area contributed by atoms with Crippen LogP contribution in [0.15, 0.2) is 18.2 Å². The molecule has 126 valence electrons. The quantitative estimate of drug-likeness (QED) is 0.848. The van der Waals surface area contributed by atoms with Crippen LogP contribution in [0.4, 0.5) is 4.39 Å². The Morgan fingerprint density at radius 3 is 2.78 bits per heavy atom. The van der Waals surface area contributed by atoms with Gasteiger partial charge in [0, 0.05) is 37.8 Å². The number of hydrogen-bond acceptors (Lipinski definition) is 3. The van der Waals surface area contributed by atoms with E-state index in [1.165, 1.54) is 12.1 Å². The molecule has 0 saturated carbocycles. The maximum absolute atomic E-state index is 13.7. The van der Waals surface area contributed by atoms with E-state index in [2.05, 4.69) is 4.90 Å². The molecule has 4 nitrogen and oxygen atoms in total. The number of piperidine rings is 1. The lowest BCUT2D eigenvalue weighted by Gasteiger charge is -2.39. The number of likely N-dealkylation sites (tertiary alicyclic amines) is 1. The van der Waals surface area contributed by atoms with Crippen LogP contribution < -0.4 is 0 Å². The molecule has 6 heteroatoms. The van der Waals surface area contributed by atoms with E-state index in [1.807, 2.05) is 4.90 Å². The Balaban J connectivity index is 1.71. The molecular formula is C17H22ClFN2O2. The predicted octanol–water partition coefficient (Wildman–Crippen LogP) is 2.81. The number of ether oxygens (including phenoxy) is 1. The standard InChI is InChI=1S/C17H22ClFN2O2/c18-15-5-4-13(11-16(15)19)17(22)21-6-2-1-3-14(21)12-20-7-9-23-10-8-20/h4-5,11,14H,1-3,6-10,12H2/t14-/m1/s1. The minimum atomic E-state index is -0.542. The van der Waals surface area contributed by atoms with Crippen molar-refractivity contribution in [3.63, 3.8) is 0 Å². The van der Waals surface area contributed by atoms with Crippen LogP contribution in [0.3, 0.4) is 0 Å². The van der Waals surface area contributed by atoms with Crippen molar-refractivity contribution in [3.8, 4) is 0 Å². The molecule has 0 aromatic heterocycles. The van der Waals surface area contributed by atoms with Gasteiger partial charge in [-0.15, -0.1) is 0 Å². The molecule has 2 aliphatic heterocycles. The van der Waals surface area contributed by atoms with Gasteiger partial charge in [0.05, 0.1) is 18.2 Å². The first-order chi connectivity index (χ1) is 11.1. The molecule has 0 aliphatic carbocycles. The number of nitrogens with zero attached hydrogens (tertiary/aromatic N) is 2. The van der Waals surface area contributed by atoms with Gasteiger partial charge in [-0.25, -0.2) is 4.39 Å². The summed E-state index contributed by atoms with van der Waals surface area (Å²) >= 11 is 5.71. The van der Waals surface area contributed by atoms with Crippen molar-refractivity contribution in [3.05, 3.63) is 34.6 Å². The highest BCUT2D eigenvalue weighted by Gasteiger charge is 2.29. The third kappa shape index (κ3) is 4.03. The topological polar surface area (TPSA) is 32.8 Å². The van der Waals surface area contributed by atoms with Gasteiger partial charge in [-0.1, -0.05) is 11.6 Å². The van der Waals surface area contributed by atoms with Crippen LogP contribution in [0.2, 0.25) is 5.02 Å². The molecule has 0 N–H and O–H groups in total. The number of benzene rings is 1. The molecule has 2 saturated heterocycles. The van der Waals surface area contributed by atoms with Gasteiger partial charge in [0.2, 0.25) is 0 Å². The van der Waals surface area contributed by atoms with Crippen LogP contribution in [0.1, 0.15) is 29.6 Å². The zero-order valence-corrected chi connectivity index (χ0v) is 13.9. The minimum Gasteiger partial charge on any atom is -0.379 e. The number of morpholine rings is 1. The summed E-state index contributed by atoms with van der Waals surface area (Å²) in [5.74, 6) is -0.641. The zero-order chi connectivity index (χ0) is 16.2. The summed E-state index contributed by atoms with van der Waals surface area (Å²) in [6.07, 6.45) is 3.13. The smallest absolute Gasteiger partial charge is 0.254 e. The lowest BCUT2D eigenvalue weighted by molar-refractivity contribution is 0.0166. The van der Waals surface area contributed by atoms with Crippen molar-refractivity contribution in [2.24, 2.45) is 0 Å². The summed E-state index contributed by atoms with van der Waals surface area (Å²) < 4.78 is 19.0. The fraction of sp³-hybridized carbons (Fsp3) is 0.588. The fourth-order valence-electron chi connectivity index (χ4n) is 3.33. The molecule has 2 heterocycles. The van der Waals surface area contributed by atoms with Crippen LogP contribution in [-0.4, -0.2) is 61.1 Å². The molecule has 0 spiro atoms. The van der Waals surface area contributed by atoms with Crippen molar-refractivity contribution in [2.75, 3.05) is 39.4 Å². The van der Waals surface area contributed by atoms with Crippen molar-refractivity contribution >= 4 is 17.5 Å². The van der Waals surface area contributed by atoms with Crippen LogP contribution in [0, 0.1) is 5.82 Å². The summed E-state index contributed by atoms with van der Waals surface area (Å²) in [5.41, 5.74) is 0.376. The molecule has 0 bridgehead atoms. The fourth-order valence-corrected chi connectivity index (χ4v) is 3.45. The predicted molar refractivity (Wildman–Crippen MR) is 87.3 cm³/mol. The first kappa shape index (κ1) is 16.7. The van der Waals surface area contributed by atoms with Crippen molar-refractivity contribution < 1.29 is 13.9 Å². The third-order valence-corrected chi connectivity index (χ3v) is 4.93. The van der Waals surface area contributed by atoms with Gasteiger partial charge < -0.3 is 9.64 Å². The summed E-state index contributed by atoms with van der Waals surface area (Å²) in [6.45, 7) is 4.93. The van der Waals surface area contributed by atoms with Crippen molar-refractivity contribution in [2.45, 2.75) is 25.3 Å². The summed E-state index contributed by atoms with van der Waals surface area (Å²) in [5, 5.41) is 0.0464. The molecule has 1 amide bonds. The van der Waals surface area contributed by atoms with Crippen LogP contribution in [0.25, 0.3) is 0 Å². The highest BCUT2D eigenvalue weighted by Crippen LogP contribution is 2.23. The number of rotatable bonds is 3. The average Bonchev–Trinajstić information content (AvgIpc) is 2.58. The molecule has 3 rings (SSSR count). The van der Waals surface area contributed by atoms with Gasteiger partial charge in [0.25, 0.3) is 5.91 Å². The Morgan fingerprint density at radius 1 is 1.26 bits per heavy atom. The second-order valence-electron chi connectivity index (χ2n) is 6.19. The molecular weight excluding hydrogens is 319 g/mol. The Morgan fingerprint density at radius 2 is 2.04 bits per heavy atom. The molecule has 1 atom stereocenters. The van der Waals surface area contributed by atoms with E-state index in [9.17, 15) is 9.18 Å². The largest absolute Gasteiger partial charge is 0.379 e. The first-order valence-electron chi connectivity index (χ1n) is 8.21. The van der Waals surface area contributed by atoms with E-state index >= 15 is 0 Å². The zero-order valence-electron chi connectivity index (χ0n) is 13.1. The molecule has 1 aromatic carbocycles. The molecule has 23 heavy (non-hydrogen) atoms. The van der Waals surface area contributed by atoms with Crippen LogP contribution in [0.5, 0.6) is 0 Å². The maximum Gasteiger partial charge on any atom is 0.254 e. The van der Waals surface area contributed by atoms with Gasteiger partial charge in [-0.3, -0.25) is 9.69 Å². The highest BCUT2D eigenvalue weighted by molar-refractivity contribution is 6.30. The summed E-state index contributed by atoms with van der Waals surface area (Å²) in [6, 6.07) is 4.48. The van der Waals surface area contributed by atoms with Gasteiger partial charge >= 0.3 is 0 Å². The molecule has 2 aliphatic rings. The van der Waals surface area contributed by atoms with Gasteiger partial charge in [-0.05, 0) is 37.5 Å². The number of carbonyl (C=O) groups is 1. The van der Waals surface area contributed by atoms with Crippen molar-refractivity contribution in [1.82, 2.24) is 9.80 Å².